The molecule has 5 nitrogen and oxygen atoms in total. The first-order valence-electron chi connectivity index (χ1n) is 6.66. The van der Waals surface area contributed by atoms with Gasteiger partial charge in [-0.05, 0) is 29.8 Å². The SMILES string of the molecule is Nc1nccc(-c2ccn(Cc3cccc(F)c3)c(=O)c2)n1. The second-order valence-corrected chi connectivity index (χ2v) is 4.81. The number of halogens is 1. The third-order valence-corrected chi connectivity index (χ3v) is 3.21. The second-order valence-electron chi connectivity index (χ2n) is 4.81. The molecule has 0 bridgehead atoms. The smallest absolute Gasteiger partial charge is 0.251 e. The fraction of sp³-hybridized carbons (Fsp3) is 0.0625. The van der Waals surface area contributed by atoms with Gasteiger partial charge < -0.3 is 10.3 Å². The van der Waals surface area contributed by atoms with E-state index in [1.54, 1.807) is 30.5 Å². The van der Waals surface area contributed by atoms with Crippen molar-refractivity contribution in [2.75, 3.05) is 5.73 Å². The average Bonchev–Trinajstić information content (AvgIpc) is 2.49. The van der Waals surface area contributed by atoms with E-state index in [1.165, 1.54) is 29.0 Å². The number of pyridine rings is 1. The van der Waals surface area contributed by atoms with Crippen LogP contribution in [-0.4, -0.2) is 14.5 Å². The van der Waals surface area contributed by atoms with Crippen LogP contribution in [0, 0.1) is 5.82 Å². The highest BCUT2D eigenvalue weighted by molar-refractivity contribution is 5.58. The van der Waals surface area contributed by atoms with Gasteiger partial charge in [0.15, 0.2) is 0 Å². The molecule has 0 aliphatic heterocycles. The number of aromatic nitrogens is 3. The summed E-state index contributed by atoms with van der Waals surface area (Å²) >= 11 is 0. The van der Waals surface area contributed by atoms with Crippen LogP contribution < -0.4 is 11.3 Å². The molecule has 22 heavy (non-hydrogen) atoms. The predicted molar refractivity (Wildman–Crippen MR) is 81.6 cm³/mol. The molecule has 3 rings (SSSR count). The van der Waals surface area contributed by atoms with Crippen LogP contribution in [0.3, 0.4) is 0 Å². The Balaban J connectivity index is 1.91. The molecule has 0 fully saturated rings. The molecule has 3 aromatic rings. The quantitative estimate of drug-likeness (QED) is 0.803. The fourth-order valence-electron chi connectivity index (χ4n) is 2.16. The van der Waals surface area contributed by atoms with Crippen LogP contribution in [0.5, 0.6) is 0 Å². The van der Waals surface area contributed by atoms with E-state index in [-0.39, 0.29) is 17.3 Å². The summed E-state index contributed by atoms with van der Waals surface area (Å²) < 4.78 is 14.7. The molecule has 110 valence electrons. The fourth-order valence-corrected chi connectivity index (χ4v) is 2.16. The Labute approximate surface area is 125 Å². The summed E-state index contributed by atoms with van der Waals surface area (Å²) in [5, 5.41) is 0. The summed E-state index contributed by atoms with van der Waals surface area (Å²) in [5.74, 6) is -0.167. The highest BCUT2D eigenvalue weighted by Crippen LogP contribution is 2.14. The van der Waals surface area contributed by atoms with Gasteiger partial charge in [-0.3, -0.25) is 4.79 Å². The highest BCUT2D eigenvalue weighted by atomic mass is 19.1. The van der Waals surface area contributed by atoms with Crippen molar-refractivity contribution in [2.24, 2.45) is 0 Å². The zero-order chi connectivity index (χ0) is 15.5. The molecule has 0 amide bonds. The molecule has 2 heterocycles. The molecule has 0 atom stereocenters. The van der Waals surface area contributed by atoms with Crippen LogP contribution in [0.15, 0.2) is 59.7 Å². The van der Waals surface area contributed by atoms with Gasteiger partial charge in [0.2, 0.25) is 5.95 Å². The molecular formula is C16H13FN4O. The number of rotatable bonds is 3. The third kappa shape index (κ3) is 3.01. The topological polar surface area (TPSA) is 73.8 Å². The molecule has 6 heteroatoms. The first kappa shape index (κ1) is 13.9. The summed E-state index contributed by atoms with van der Waals surface area (Å²) in [5.41, 5.74) is 7.31. The van der Waals surface area contributed by atoms with Gasteiger partial charge in [-0.1, -0.05) is 12.1 Å². The highest BCUT2D eigenvalue weighted by Gasteiger charge is 2.04. The lowest BCUT2D eigenvalue weighted by atomic mass is 10.2. The van der Waals surface area contributed by atoms with Gasteiger partial charge in [0.05, 0.1) is 12.2 Å². The molecule has 0 saturated carbocycles. The lowest BCUT2D eigenvalue weighted by molar-refractivity contribution is 0.623. The Hall–Kier alpha value is -3.02. The van der Waals surface area contributed by atoms with Gasteiger partial charge in [-0.25, -0.2) is 14.4 Å². The molecule has 2 aromatic heterocycles. The lowest BCUT2D eigenvalue weighted by Gasteiger charge is -2.07. The number of nitrogens with zero attached hydrogens (tertiary/aromatic N) is 3. The summed E-state index contributed by atoms with van der Waals surface area (Å²) in [4.78, 5) is 20.1. The van der Waals surface area contributed by atoms with Crippen molar-refractivity contribution in [3.05, 3.63) is 76.6 Å². The van der Waals surface area contributed by atoms with E-state index in [4.69, 9.17) is 5.73 Å². The molecular weight excluding hydrogens is 283 g/mol. The molecule has 0 spiro atoms. The Morgan fingerprint density at radius 1 is 1.18 bits per heavy atom. The van der Waals surface area contributed by atoms with E-state index in [9.17, 15) is 9.18 Å². The van der Waals surface area contributed by atoms with Crippen molar-refractivity contribution in [3.63, 3.8) is 0 Å². The van der Waals surface area contributed by atoms with Crippen molar-refractivity contribution >= 4 is 5.95 Å². The van der Waals surface area contributed by atoms with Crippen LogP contribution in [0.2, 0.25) is 0 Å². The first-order valence-corrected chi connectivity index (χ1v) is 6.66. The van der Waals surface area contributed by atoms with E-state index in [0.29, 0.717) is 17.8 Å². The maximum atomic E-state index is 13.2. The minimum Gasteiger partial charge on any atom is -0.368 e. The maximum Gasteiger partial charge on any atom is 0.251 e. The van der Waals surface area contributed by atoms with Crippen molar-refractivity contribution in [2.45, 2.75) is 6.54 Å². The van der Waals surface area contributed by atoms with Crippen molar-refractivity contribution in [3.8, 4) is 11.3 Å². The normalized spacial score (nSPS) is 10.6. The van der Waals surface area contributed by atoms with Gasteiger partial charge in [-0.2, -0.15) is 0 Å². The minimum absolute atomic E-state index is 0.154. The van der Waals surface area contributed by atoms with E-state index in [1.807, 2.05) is 0 Å². The number of benzene rings is 1. The molecule has 0 aliphatic carbocycles. The van der Waals surface area contributed by atoms with Crippen LogP contribution in [0.1, 0.15) is 5.56 Å². The number of hydrogen-bond donors (Lipinski definition) is 1. The summed E-state index contributed by atoms with van der Waals surface area (Å²) in [6, 6.07) is 11.1. The Morgan fingerprint density at radius 3 is 2.77 bits per heavy atom. The molecule has 0 aliphatic rings. The molecule has 0 radical (unpaired) electrons. The van der Waals surface area contributed by atoms with Crippen LogP contribution >= 0.6 is 0 Å². The number of nitrogen functional groups attached to an aromatic ring is 1. The summed E-state index contributed by atoms with van der Waals surface area (Å²) in [6.07, 6.45) is 3.19. The summed E-state index contributed by atoms with van der Waals surface area (Å²) in [7, 11) is 0. The van der Waals surface area contributed by atoms with Crippen LogP contribution in [0.4, 0.5) is 10.3 Å². The van der Waals surface area contributed by atoms with E-state index < -0.39 is 0 Å². The van der Waals surface area contributed by atoms with Crippen LogP contribution in [-0.2, 0) is 6.54 Å². The molecule has 0 saturated heterocycles. The van der Waals surface area contributed by atoms with Crippen molar-refractivity contribution in [1.82, 2.24) is 14.5 Å². The Bertz CT molecular complexity index is 876. The zero-order valence-corrected chi connectivity index (χ0v) is 11.6. The molecule has 2 N–H and O–H groups in total. The lowest BCUT2D eigenvalue weighted by Crippen LogP contribution is -2.19. The van der Waals surface area contributed by atoms with Crippen molar-refractivity contribution in [1.29, 1.82) is 0 Å². The largest absolute Gasteiger partial charge is 0.368 e. The monoisotopic (exact) mass is 296 g/mol. The van der Waals surface area contributed by atoms with Gasteiger partial charge in [0.25, 0.3) is 5.56 Å². The number of anilines is 1. The van der Waals surface area contributed by atoms with E-state index in [2.05, 4.69) is 9.97 Å². The Morgan fingerprint density at radius 2 is 2.05 bits per heavy atom. The third-order valence-electron chi connectivity index (χ3n) is 3.21. The second kappa shape index (κ2) is 5.77. The van der Waals surface area contributed by atoms with Gasteiger partial charge in [0, 0.05) is 24.0 Å². The van der Waals surface area contributed by atoms with Gasteiger partial charge in [-0.15, -0.1) is 0 Å². The minimum atomic E-state index is -0.321. The van der Waals surface area contributed by atoms with Crippen LogP contribution in [0.25, 0.3) is 11.3 Å². The van der Waals surface area contributed by atoms with E-state index in [0.717, 1.165) is 5.56 Å². The van der Waals surface area contributed by atoms with Gasteiger partial charge >= 0.3 is 0 Å². The predicted octanol–water partition coefficient (Wildman–Crippen LogP) is 2.07. The standard InChI is InChI=1S/C16H13FN4O/c17-13-3-1-2-11(8-13)10-21-7-5-12(9-15(21)22)14-4-6-19-16(18)20-14/h1-9H,10H2,(H2,18,19,20). The first-order chi connectivity index (χ1) is 10.6. The molecule has 0 unspecified atom stereocenters. The van der Waals surface area contributed by atoms with Gasteiger partial charge in [0.1, 0.15) is 5.82 Å². The maximum absolute atomic E-state index is 13.2. The van der Waals surface area contributed by atoms with E-state index >= 15 is 0 Å². The van der Waals surface area contributed by atoms with Crippen molar-refractivity contribution < 1.29 is 4.39 Å². The average molecular weight is 296 g/mol. The Kier molecular flexibility index (Phi) is 3.65. The number of nitrogens with two attached hydrogens (primary N) is 1. The zero-order valence-electron chi connectivity index (χ0n) is 11.6. The molecule has 1 aromatic carbocycles. The summed E-state index contributed by atoms with van der Waals surface area (Å²) in [6.45, 7) is 0.308. The number of hydrogen-bond acceptors (Lipinski definition) is 4.